The van der Waals surface area contributed by atoms with Crippen LogP contribution in [0.2, 0.25) is 0 Å². The molecule has 5 saturated carbocycles. The van der Waals surface area contributed by atoms with Crippen LogP contribution in [0.1, 0.15) is 113 Å². The van der Waals surface area contributed by atoms with E-state index in [2.05, 4.69) is 53.8 Å². The van der Waals surface area contributed by atoms with Crippen LogP contribution in [0.15, 0.2) is 0 Å². The van der Waals surface area contributed by atoms with Crippen LogP contribution in [-0.2, 0) is 18.9 Å². The lowest BCUT2D eigenvalue weighted by molar-refractivity contribution is -0.185. The zero-order valence-corrected chi connectivity index (χ0v) is 30.6. The maximum absolute atomic E-state index is 13.0. The van der Waals surface area contributed by atoms with Crippen LogP contribution in [-0.4, -0.2) is 85.1 Å². The maximum atomic E-state index is 13.0. The normalized spacial score (nSPS) is 50.5. The van der Waals surface area contributed by atoms with Gasteiger partial charge in [0.15, 0.2) is 0 Å². The van der Waals surface area contributed by atoms with E-state index in [1.807, 2.05) is 0 Å². The molecule has 3 saturated heterocycles. The fraction of sp³-hybridized carbons (Fsp3) is 0.949. The molecule has 8 rings (SSSR count). The van der Waals surface area contributed by atoms with E-state index < -0.39 is 6.10 Å². The van der Waals surface area contributed by atoms with Crippen LogP contribution in [0.25, 0.3) is 0 Å². The summed E-state index contributed by atoms with van der Waals surface area (Å²) in [6.45, 7) is 19.0. The number of aliphatic hydroxyl groups is 1. The zero-order chi connectivity index (χ0) is 34.0. The van der Waals surface area contributed by atoms with E-state index in [1.165, 1.54) is 12.8 Å². The molecule has 3 heterocycles. The Morgan fingerprint density at radius 3 is 2.38 bits per heavy atom. The first-order chi connectivity index (χ1) is 22.7. The second-order valence-corrected chi connectivity index (χ2v) is 19.1. The van der Waals surface area contributed by atoms with Gasteiger partial charge >= 0.3 is 12.2 Å². The number of carbonyl (C=O) groups excluding carboxylic acids is 2. The van der Waals surface area contributed by atoms with Crippen molar-refractivity contribution in [2.24, 2.45) is 56.7 Å². The number of ether oxygens (including phenoxy) is 4. The smallest absolute Gasteiger partial charge is 0.410 e. The zero-order valence-electron chi connectivity index (χ0n) is 30.6. The highest BCUT2D eigenvalue weighted by Gasteiger charge is 2.84. The number of hydrogen-bond acceptors (Lipinski definition) is 7. The lowest BCUT2D eigenvalue weighted by Crippen LogP contribution is -2.60. The Bertz CT molecular complexity index is 1300. The Kier molecular flexibility index (Phi) is 7.84. The van der Waals surface area contributed by atoms with Gasteiger partial charge in [0.2, 0.25) is 0 Å². The van der Waals surface area contributed by atoms with Gasteiger partial charge in [0.1, 0.15) is 12.2 Å². The molecule has 0 aromatic heterocycles. The van der Waals surface area contributed by atoms with Gasteiger partial charge in [-0.15, -0.1) is 0 Å². The number of nitrogens with one attached hydrogen (secondary N) is 1. The number of likely N-dealkylation sites (tertiary alicyclic amines) is 1. The largest absolute Gasteiger partial charge is 0.446 e. The molecule has 5 aliphatic carbocycles. The van der Waals surface area contributed by atoms with Crippen LogP contribution in [0.5, 0.6) is 0 Å². The first-order valence-corrected chi connectivity index (χ1v) is 19.5. The first kappa shape index (κ1) is 33.6. The summed E-state index contributed by atoms with van der Waals surface area (Å²) in [7, 11) is 0. The minimum atomic E-state index is -0.552. The molecule has 8 aliphatic rings. The second-order valence-electron chi connectivity index (χ2n) is 19.1. The van der Waals surface area contributed by atoms with E-state index in [0.717, 1.165) is 64.5 Å². The van der Waals surface area contributed by atoms with E-state index in [9.17, 15) is 14.7 Å². The second kappa shape index (κ2) is 11.2. The first-order valence-electron chi connectivity index (χ1n) is 19.5. The molecule has 0 radical (unpaired) electrons. The predicted molar refractivity (Wildman–Crippen MR) is 180 cm³/mol. The summed E-state index contributed by atoms with van der Waals surface area (Å²) in [6.07, 6.45) is 8.62. The highest BCUT2D eigenvalue weighted by molar-refractivity contribution is 5.69. The summed E-state index contributed by atoms with van der Waals surface area (Å²) < 4.78 is 24.8. The summed E-state index contributed by atoms with van der Waals surface area (Å²) in [5.74, 6) is 1.72. The predicted octanol–water partition coefficient (Wildman–Crippen LogP) is 6.55. The van der Waals surface area contributed by atoms with Gasteiger partial charge in [0, 0.05) is 30.5 Å². The van der Waals surface area contributed by atoms with Gasteiger partial charge < -0.3 is 34.3 Å². The van der Waals surface area contributed by atoms with Crippen molar-refractivity contribution in [2.45, 2.75) is 149 Å². The number of fused-ring (bicyclic) bond motifs is 4. The average Bonchev–Trinajstić information content (AvgIpc) is 3.28. The summed E-state index contributed by atoms with van der Waals surface area (Å²) in [4.78, 5) is 27.7. The summed E-state index contributed by atoms with van der Waals surface area (Å²) >= 11 is 0. The molecule has 0 bridgehead atoms. The van der Waals surface area contributed by atoms with Crippen molar-refractivity contribution in [2.75, 3.05) is 26.3 Å². The molecule has 0 aromatic carbocycles. The number of carbonyl (C=O) groups is 2. The Hall–Kier alpha value is -1.58. The molecule has 9 nitrogen and oxygen atoms in total. The number of rotatable bonds is 5. The molecule has 48 heavy (non-hydrogen) atoms. The van der Waals surface area contributed by atoms with E-state index in [4.69, 9.17) is 18.9 Å². The number of aliphatic hydroxyl groups excluding tert-OH is 1. The fourth-order valence-corrected chi connectivity index (χ4v) is 14.0. The van der Waals surface area contributed by atoms with Crippen molar-refractivity contribution in [3.8, 4) is 0 Å². The molecule has 270 valence electrons. The number of nitrogens with zero attached hydrogens (tertiary/aromatic N) is 1. The number of alkyl carbamates (subject to hydrolysis) is 1. The third kappa shape index (κ3) is 4.43. The third-order valence-corrected chi connectivity index (χ3v) is 16.6. The highest BCUT2D eigenvalue weighted by Crippen LogP contribution is 2.89. The molecular formula is C39H62N2O7. The third-order valence-electron chi connectivity index (χ3n) is 16.6. The van der Waals surface area contributed by atoms with Crippen molar-refractivity contribution in [1.82, 2.24) is 10.2 Å². The summed E-state index contributed by atoms with van der Waals surface area (Å²) in [5.41, 5.74) is 0.119. The lowest BCUT2D eigenvalue weighted by atomic mass is 9.41. The van der Waals surface area contributed by atoms with Crippen molar-refractivity contribution >= 4 is 12.2 Å². The van der Waals surface area contributed by atoms with Crippen molar-refractivity contribution in [1.29, 1.82) is 0 Å². The van der Waals surface area contributed by atoms with Crippen molar-refractivity contribution < 1.29 is 33.6 Å². The molecule has 14 atom stereocenters. The average molecular weight is 671 g/mol. The van der Waals surface area contributed by atoms with E-state index in [1.54, 1.807) is 4.90 Å². The standard InChI is InChI=1S/C39H62N2O7/c1-22(2)30(48-34(44)41-16-8-17-41)25-19-23(3)29-31(46-25)32(42)37(7)27-10-9-26-35(4,5)28(47-33(43)40-24-12-18-45-20-24)11-13-38(26)21-39(27,38)15-14-36(29,37)6/h22-32,42H,8-21H2,1-7H3,(H,40,43)/t23-,24+,25?,26+,27?,28+,29+,30-,31?,32+,36-,37-,38-,39?/m1/s1. The molecule has 2 amide bonds. The van der Waals surface area contributed by atoms with Crippen molar-refractivity contribution in [3.05, 3.63) is 0 Å². The van der Waals surface area contributed by atoms with Crippen molar-refractivity contribution in [3.63, 3.8) is 0 Å². The van der Waals surface area contributed by atoms with E-state index >= 15 is 0 Å². The van der Waals surface area contributed by atoms with Gasteiger partial charge in [-0.1, -0.05) is 48.5 Å². The van der Waals surface area contributed by atoms with Crippen LogP contribution in [0, 0.1) is 56.7 Å². The molecule has 2 spiro atoms. The van der Waals surface area contributed by atoms with Gasteiger partial charge in [-0.2, -0.15) is 0 Å². The number of hydrogen-bond donors (Lipinski definition) is 2. The summed E-state index contributed by atoms with van der Waals surface area (Å²) in [5, 5.41) is 15.7. The fourth-order valence-electron chi connectivity index (χ4n) is 14.0. The van der Waals surface area contributed by atoms with Gasteiger partial charge in [0.25, 0.3) is 0 Å². The molecular weight excluding hydrogens is 608 g/mol. The van der Waals surface area contributed by atoms with E-state index in [-0.39, 0.29) is 81.6 Å². The molecule has 3 aliphatic heterocycles. The monoisotopic (exact) mass is 670 g/mol. The SMILES string of the molecule is CC(C)[C@@H](OC(=O)N1CCC1)C1C[C@@H](C)[C@H]2C(O1)[C@H](O)[C@@]1(C)C3CC[C@H]4C(C)(C)[C@@H](OC(=O)N[C@H]5CCOC5)CC[C@@]45CC35CC[C@]21C. The summed E-state index contributed by atoms with van der Waals surface area (Å²) in [6, 6.07) is 0.0510. The highest BCUT2D eigenvalue weighted by atomic mass is 16.6. The van der Waals surface area contributed by atoms with E-state index in [0.29, 0.717) is 31.0 Å². The van der Waals surface area contributed by atoms with Crippen LogP contribution >= 0.6 is 0 Å². The van der Waals surface area contributed by atoms with Crippen LogP contribution in [0.3, 0.4) is 0 Å². The lowest BCUT2D eigenvalue weighted by Gasteiger charge is -2.63. The molecule has 2 N–H and O–H groups in total. The Balaban J connectivity index is 1.02. The maximum Gasteiger partial charge on any atom is 0.410 e. The minimum absolute atomic E-state index is 0.0203. The quantitative estimate of drug-likeness (QED) is 0.342. The topological polar surface area (TPSA) is 107 Å². The van der Waals surface area contributed by atoms with Crippen LogP contribution in [0.4, 0.5) is 9.59 Å². The Morgan fingerprint density at radius 2 is 1.71 bits per heavy atom. The Labute approximate surface area is 287 Å². The van der Waals surface area contributed by atoms with Gasteiger partial charge in [-0.05, 0) is 110 Å². The van der Waals surface area contributed by atoms with Gasteiger partial charge in [-0.25, -0.2) is 9.59 Å². The molecule has 4 unspecified atom stereocenters. The Morgan fingerprint density at radius 1 is 0.979 bits per heavy atom. The van der Waals surface area contributed by atoms with Gasteiger partial charge in [-0.3, -0.25) is 0 Å². The van der Waals surface area contributed by atoms with Crippen LogP contribution < -0.4 is 5.32 Å². The number of amides is 2. The minimum Gasteiger partial charge on any atom is -0.446 e. The molecule has 0 aromatic rings. The molecule has 8 fully saturated rings. The molecule has 9 heteroatoms. The van der Waals surface area contributed by atoms with Gasteiger partial charge in [0.05, 0.1) is 31.0 Å².